The van der Waals surface area contributed by atoms with Gasteiger partial charge >= 0.3 is 11.9 Å². The molecular formula is C15H9FO4. The Morgan fingerprint density at radius 1 is 1.15 bits per heavy atom. The predicted octanol–water partition coefficient (Wildman–Crippen LogP) is 2.78. The van der Waals surface area contributed by atoms with Crippen LogP contribution in [0.1, 0.15) is 37.9 Å². The molecule has 1 heterocycles. The van der Waals surface area contributed by atoms with Crippen molar-refractivity contribution in [2.45, 2.75) is 6.10 Å². The molecule has 20 heavy (non-hydrogen) atoms. The van der Waals surface area contributed by atoms with Crippen molar-refractivity contribution in [2.24, 2.45) is 0 Å². The van der Waals surface area contributed by atoms with Crippen LogP contribution >= 0.6 is 0 Å². The lowest BCUT2D eigenvalue weighted by molar-refractivity contribution is 0.0455. The van der Waals surface area contributed by atoms with Crippen LogP contribution in [0, 0.1) is 5.82 Å². The smallest absolute Gasteiger partial charge is 0.339 e. The van der Waals surface area contributed by atoms with Gasteiger partial charge in [0.2, 0.25) is 0 Å². The second-order valence-electron chi connectivity index (χ2n) is 4.44. The molecule has 0 saturated heterocycles. The monoisotopic (exact) mass is 272 g/mol. The van der Waals surface area contributed by atoms with Crippen LogP contribution in [0.2, 0.25) is 0 Å². The first-order valence-corrected chi connectivity index (χ1v) is 5.90. The largest absolute Gasteiger partial charge is 0.478 e. The fraction of sp³-hybridized carbons (Fsp3) is 0.0667. The molecule has 1 atom stereocenters. The molecule has 0 spiro atoms. The fourth-order valence-electron chi connectivity index (χ4n) is 2.21. The van der Waals surface area contributed by atoms with Crippen LogP contribution in [0.4, 0.5) is 4.39 Å². The summed E-state index contributed by atoms with van der Waals surface area (Å²) < 4.78 is 18.2. The molecule has 0 unspecified atom stereocenters. The summed E-state index contributed by atoms with van der Waals surface area (Å²) in [5, 5.41) is 8.92. The van der Waals surface area contributed by atoms with Gasteiger partial charge in [-0.1, -0.05) is 18.2 Å². The molecule has 100 valence electrons. The lowest BCUT2D eigenvalue weighted by Crippen LogP contribution is -2.00. The molecule has 3 rings (SSSR count). The van der Waals surface area contributed by atoms with Crippen LogP contribution < -0.4 is 0 Å². The van der Waals surface area contributed by atoms with Crippen molar-refractivity contribution >= 4 is 11.9 Å². The molecule has 1 aliphatic rings. The third-order valence-electron chi connectivity index (χ3n) is 3.20. The first-order valence-electron chi connectivity index (χ1n) is 5.90. The maximum Gasteiger partial charge on any atom is 0.339 e. The minimum atomic E-state index is -1.11. The summed E-state index contributed by atoms with van der Waals surface area (Å²) in [7, 11) is 0. The molecule has 0 saturated carbocycles. The SMILES string of the molecule is O=C(O)c1ccc2c(c1)C(=O)O[C@H]2c1ccc(F)cc1. The average Bonchev–Trinajstić information content (AvgIpc) is 2.76. The van der Waals surface area contributed by atoms with Crippen molar-refractivity contribution in [3.8, 4) is 0 Å². The third-order valence-corrected chi connectivity index (χ3v) is 3.20. The van der Waals surface area contributed by atoms with Gasteiger partial charge in [0, 0.05) is 5.56 Å². The molecule has 2 aromatic carbocycles. The molecule has 0 aromatic heterocycles. The van der Waals surface area contributed by atoms with Gasteiger partial charge in [0.25, 0.3) is 0 Å². The van der Waals surface area contributed by atoms with Crippen LogP contribution in [0.25, 0.3) is 0 Å². The van der Waals surface area contributed by atoms with E-state index in [-0.39, 0.29) is 16.9 Å². The minimum Gasteiger partial charge on any atom is -0.478 e. The quantitative estimate of drug-likeness (QED) is 0.854. The van der Waals surface area contributed by atoms with Crippen LogP contribution in [0.5, 0.6) is 0 Å². The lowest BCUT2D eigenvalue weighted by Gasteiger charge is -2.10. The number of hydrogen-bond donors (Lipinski definition) is 1. The number of carboxylic acid groups (broad SMARTS) is 1. The molecule has 2 aromatic rings. The highest BCUT2D eigenvalue weighted by atomic mass is 19.1. The molecule has 4 nitrogen and oxygen atoms in total. The highest BCUT2D eigenvalue weighted by molar-refractivity contribution is 5.98. The van der Waals surface area contributed by atoms with E-state index in [1.807, 2.05) is 0 Å². The number of cyclic esters (lactones) is 1. The average molecular weight is 272 g/mol. The maximum atomic E-state index is 12.9. The standard InChI is InChI=1S/C15H9FO4/c16-10-4-1-8(2-5-10)13-11-6-3-9(14(17)18)7-12(11)15(19)20-13/h1-7,13H,(H,17,18)/t13-/m0/s1. The Morgan fingerprint density at radius 3 is 2.50 bits per heavy atom. The second kappa shape index (κ2) is 4.45. The zero-order chi connectivity index (χ0) is 14.3. The Balaban J connectivity index is 2.06. The topological polar surface area (TPSA) is 63.6 Å². The number of esters is 1. The Kier molecular flexibility index (Phi) is 2.75. The summed E-state index contributed by atoms with van der Waals surface area (Å²) in [6, 6.07) is 9.90. The number of carbonyl (C=O) groups excluding carboxylic acids is 1. The van der Waals surface area contributed by atoms with Crippen molar-refractivity contribution in [3.05, 3.63) is 70.5 Å². The normalized spacial score (nSPS) is 16.6. The van der Waals surface area contributed by atoms with Crippen LogP contribution in [0.3, 0.4) is 0 Å². The summed E-state index contributed by atoms with van der Waals surface area (Å²) in [5.41, 5.74) is 1.49. The van der Waals surface area contributed by atoms with Gasteiger partial charge < -0.3 is 9.84 Å². The molecule has 1 N–H and O–H groups in total. The summed E-state index contributed by atoms with van der Waals surface area (Å²) in [6.07, 6.45) is -0.624. The number of hydrogen-bond acceptors (Lipinski definition) is 3. The molecule has 0 amide bonds. The summed E-state index contributed by atoms with van der Waals surface area (Å²) in [6.45, 7) is 0. The number of halogens is 1. The van der Waals surface area contributed by atoms with E-state index in [1.165, 1.54) is 36.4 Å². The van der Waals surface area contributed by atoms with E-state index in [0.29, 0.717) is 11.1 Å². The van der Waals surface area contributed by atoms with E-state index in [1.54, 1.807) is 6.07 Å². The number of aromatic carboxylic acids is 1. The Labute approximate surface area is 113 Å². The molecule has 0 fully saturated rings. The van der Waals surface area contributed by atoms with Crippen LogP contribution in [-0.2, 0) is 4.74 Å². The van der Waals surface area contributed by atoms with Crippen molar-refractivity contribution in [1.82, 2.24) is 0 Å². The number of carbonyl (C=O) groups is 2. The fourth-order valence-corrected chi connectivity index (χ4v) is 2.21. The number of carboxylic acids is 1. The van der Waals surface area contributed by atoms with E-state index in [9.17, 15) is 14.0 Å². The van der Waals surface area contributed by atoms with Gasteiger partial charge in [-0.3, -0.25) is 0 Å². The zero-order valence-corrected chi connectivity index (χ0v) is 10.2. The summed E-state index contributed by atoms with van der Waals surface area (Å²) in [4.78, 5) is 22.7. The number of fused-ring (bicyclic) bond motifs is 1. The molecule has 0 aliphatic carbocycles. The Bertz CT molecular complexity index is 706. The van der Waals surface area contributed by atoms with E-state index in [0.717, 1.165) is 0 Å². The number of rotatable bonds is 2. The van der Waals surface area contributed by atoms with Crippen LogP contribution in [0.15, 0.2) is 42.5 Å². The highest BCUT2D eigenvalue weighted by Crippen LogP contribution is 2.36. The van der Waals surface area contributed by atoms with Gasteiger partial charge in [-0.05, 0) is 29.8 Å². The molecule has 5 heteroatoms. The lowest BCUT2D eigenvalue weighted by atomic mass is 9.97. The van der Waals surface area contributed by atoms with E-state index in [2.05, 4.69) is 0 Å². The van der Waals surface area contributed by atoms with Crippen molar-refractivity contribution in [1.29, 1.82) is 0 Å². The number of benzene rings is 2. The van der Waals surface area contributed by atoms with Crippen LogP contribution in [-0.4, -0.2) is 17.0 Å². The van der Waals surface area contributed by atoms with Crippen molar-refractivity contribution in [2.75, 3.05) is 0 Å². The van der Waals surface area contributed by atoms with Gasteiger partial charge in [-0.2, -0.15) is 0 Å². The third kappa shape index (κ3) is 1.93. The van der Waals surface area contributed by atoms with Crippen molar-refractivity contribution < 1.29 is 23.8 Å². The van der Waals surface area contributed by atoms with Crippen molar-refractivity contribution in [3.63, 3.8) is 0 Å². The van der Waals surface area contributed by atoms with Gasteiger partial charge in [-0.25, -0.2) is 14.0 Å². The van der Waals surface area contributed by atoms with E-state index >= 15 is 0 Å². The maximum absolute atomic E-state index is 12.9. The van der Waals surface area contributed by atoms with Gasteiger partial charge in [-0.15, -0.1) is 0 Å². The number of ether oxygens (including phenoxy) is 1. The molecule has 0 radical (unpaired) electrons. The van der Waals surface area contributed by atoms with E-state index in [4.69, 9.17) is 9.84 Å². The predicted molar refractivity (Wildman–Crippen MR) is 67.1 cm³/mol. The van der Waals surface area contributed by atoms with Gasteiger partial charge in [0.05, 0.1) is 11.1 Å². The Morgan fingerprint density at radius 2 is 1.85 bits per heavy atom. The second-order valence-corrected chi connectivity index (χ2v) is 4.44. The van der Waals surface area contributed by atoms with Gasteiger partial charge in [0.15, 0.2) is 6.10 Å². The first-order chi connectivity index (χ1) is 9.56. The summed E-state index contributed by atoms with van der Waals surface area (Å²) >= 11 is 0. The molecule has 1 aliphatic heterocycles. The zero-order valence-electron chi connectivity index (χ0n) is 10.2. The highest BCUT2D eigenvalue weighted by Gasteiger charge is 2.32. The summed E-state index contributed by atoms with van der Waals surface area (Å²) in [5.74, 6) is -2.05. The van der Waals surface area contributed by atoms with E-state index < -0.39 is 18.0 Å². The minimum absolute atomic E-state index is 0.0282. The van der Waals surface area contributed by atoms with Gasteiger partial charge in [0.1, 0.15) is 5.82 Å². The molecule has 0 bridgehead atoms. The first kappa shape index (κ1) is 12.3. The Hall–Kier alpha value is -2.69. The molecular weight excluding hydrogens is 263 g/mol.